The lowest BCUT2D eigenvalue weighted by Gasteiger charge is -2.50. The van der Waals surface area contributed by atoms with Crippen molar-refractivity contribution in [3.63, 3.8) is 0 Å². The van der Waals surface area contributed by atoms with Gasteiger partial charge in [0.2, 0.25) is 11.8 Å². The molecule has 0 heterocycles. The predicted molar refractivity (Wildman–Crippen MR) is 156 cm³/mol. The predicted octanol–water partition coefficient (Wildman–Crippen LogP) is 0.900. The molecule has 11 heteroatoms. The summed E-state index contributed by atoms with van der Waals surface area (Å²) in [4.78, 5) is 26.3. The van der Waals surface area contributed by atoms with Crippen molar-refractivity contribution in [3.8, 4) is 0 Å². The van der Waals surface area contributed by atoms with E-state index in [9.17, 15) is 45.3 Å². The maximum Gasteiger partial charge on any atom is 0.242 e. The van der Waals surface area contributed by atoms with Crippen LogP contribution in [0.15, 0.2) is 12.2 Å². The minimum atomic E-state index is -2.22. The zero-order chi connectivity index (χ0) is 30.7. The third-order valence-electron chi connectivity index (χ3n) is 8.02. The lowest BCUT2D eigenvalue weighted by atomic mass is 9.75. The number of hydrogen-bond donors (Lipinski definition) is 8. The van der Waals surface area contributed by atoms with Gasteiger partial charge in [0.05, 0.1) is 38.4 Å². The average Bonchev–Trinajstić information content (AvgIpc) is 2.97. The molecule has 0 radical (unpaired) electrons. The van der Waals surface area contributed by atoms with E-state index in [2.05, 4.69) is 24.4 Å². The van der Waals surface area contributed by atoms with Crippen molar-refractivity contribution >= 4 is 11.8 Å². The van der Waals surface area contributed by atoms with Gasteiger partial charge in [-0.15, -0.1) is 0 Å². The van der Waals surface area contributed by atoms with Crippen LogP contribution in [0.1, 0.15) is 103 Å². The van der Waals surface area contributed by atoms with Crippen molar-refractivity contribution in [2.24, 2.45) is 0 Å². The van der Waals surface area contributed by atoms with E-state index in [0.717, 1.165) is 43.4 Å². The Hall–Kier alpha value is -1.60. The van der Waals surface area contributed by atoms with E-state index >= 15 is 0 Å². The number of carbonyl (C=O) groups is 2. The number of rotatable bonds is 22. The van der Waals surface area contributed by atoms with E-state index < -0.39 is 74.7 Å². The van der Waals surface area contributed by atoms with Crippen molar-refractivity contribution in [2.45, 2.75) is 139 Å². The molecular weight excluding hydrogens is 532 g/mol. The summed E-state index contributed by atoms with van der Waals surface area (Å²) in [5.41, 5.74) is -2.22. The van der Waals surface area contributed by atoms with E-state index in [-0.39, 0.29) is 12.3 Å². The van der Waals surface area contributed by atoms with E-state index in [4.69, 9.17) is 0 Å². The van der Waals surface area contributed by atoms with Crippen molar-refractivity contribution in [3.05, 3.63) is 12.2 Å². The number of nitrogens with zero attached hydrogens (tertiary/aromatic N) is 1. The summed E-state index contributed by atoms with van der Waals surface area (Å²) in [5, 5.41) is 72.8. The Balaban J connectivity index is 2.37. The van der Waals surface area contributed by atoms with Gasteiger partial charge >= 0.3 is 0 Å². The van der Waals surface area contributed by atoms with Crippen LogP contribution in [0, 0.1) is 0 Å². The first kappa shape index (κ1) is 37.4. The average molecular weight is 589 g/mol. The minimum Gasteiger partial charge on any atom is -0.394 e. The lowest BCUT2D eigenvalue weighted by Crippen LogP contribution is -2.70. The summed E-state index contributed by atoms with van der Waals surface area (Å²) >= 11 is 0. The highest BCUT2D eigenvalue weighted by Gasteiger charge is 2.54. The second kappa shape index (κ2) is 21.1. The summed E-state index contributed by atoms with van der Waals surface area (Å²) in [6, 6.07) is -2.54. The number of unbranched alkanes of at least 4 members (excludes halogenated alkanes) is 11. The number of allylic oxidation sites excluding steroid dienone is 2. The van der Waals surface area contributed by atoms with Crippen LogP contribution in [-0.2, 0) is 9.59 Å². The molecule has 1 saturated carbocycles. The molecule has 8 N–H and O–H groups in total. The SMILES string of the molecule is CCCCCCCCC=CCCCCCCCC(=O)NCC(=O)N(C(CO)CO)[C@H]1C[C@](O)(CO)[C@@H](O)[C@H](O)[C@H]1O. The molecule has 0 spiro atoms. The van der Waals surface area contributed by atoms with Crippen LogP contribution >= 0.6 is 0 Å². The molecule has 1 fully saturated rings. The third-order valence-corrected chi connectivity index (χ3v) is 8.02. The smallest absolute Gasteiger partial charge is 0.242 e. The van der Waals surface area contributed by atoms with E-state index in [1.165, 1.54) is 38.5 Å². The van der Waals surface area contributed by atoms with Gasteiger partial charge < -0.3 is 46.0 Å². The quantitative estimate of drug-likeness (QED) is 0.0671. The van der Waals surface area contributed by atoms with Gasteiger partial charge in [-0.1, -0.05) is 70.4 Å². The van der Waals surface area contributed by atoms with Gasteiger partial charge in [0.15, 0.2) is 0 Å². The fourth-order valence-corrected chi connectivity index (χ4v) is 5.36. The molecule has 0 aromatic carbocycles. The molecule has 240 valence electrons. The Labute approximate surface area is 245 Å². The van der Waals surface area contributed by atoms with E-state index in [1.807, 2.05) is 0 Å². The molecule has 0 bridgehead atoms. The zero-order valence-corrected chi connectivity index (χ0v) is 24.9. The first-order chi connectivity index (χ1) is 19.7. The Kier molecular flexibility index (Phi) is 19.3. The maximum atomic E-state index is 13.0. The summed E-state index contributed by atoms with van der Waals surface area (Å²) in [6.07, 6.45) is 13.6. The fraction of sp³-hybridized carbons (Fsp3) is 0.867. The van der Waals surface area contributed by atoms with Crippen molar-refractivity contribution < 1.29 is 45.3 Å². The Bertz CT molecular complexity index is 749. The molecule has 0 unspecified atom stereocenters. The van der Waals surface area contributed by atoms with Crippen LogP contribution in [0.2, 0.25) is 0 Å². The normalized spacial score (nSPS) is 24.7. The first-order valence-corrected chi connectivity index (χ1v) is 15.5. The first-order valence-electron chi connectivity index (χ1n) is 15.5. The molecule has 5 atom stereocenters. The van der Waals surface area contributed by atoms with Gasteiger partial charge in [0.1, 0.15) is 23.9 Å². The van der Waals surface area contributed by atoms with Crippen LogP contribution < -0.4 is 5.32 Å². The molecule has 2 amide bonds. The number of amides is 2. The second-order valence-electron chi connectivity index (χ2n) is 11.4. The highest BCUT2D eigenvalue weighted by Crippen LogP contribution is 2.33. The van der Waals surface area contributed by atoms with E-state index in [0.29, 0.717) is 6.42 Å². The van der Waals surface area contributed by atoms with Gasteiger partial charge in [-0.05, 0) is 32.1 Å². The summed E-state index contributed by atoms with van der Waals surface area (Å²) in [7, 11) is 0. The van der Waals surface area contributed by atoms with Gasteiger partial charge in [-0.2, -0.15) is 0 Å². The molecule has 41 heavy (non-hydrogen) atoms. The van der Waals surface area contributed by atoms with E-state index in [1.54, 1.807) is 0 Å². The standard InChI is InChI=1S/C30H56N2O9/c1-2-3-4-5-6-7-8-9-10-11-12-13-14-15-16-17-25(36)31-19-26(37)32(23(20-33)21-34)24-18-30(41,22-35)29(40)28(39)27(24)38/h9-10,23-24,27-29,33-35,38-41H,2-8,11-22H2,1H3,(H,31,36)/t24-,27-,28+,29-,30-/m0/s1. The Morgan fingerprint density at radius 3 is 1.93 bits per heavy atom. The van der Waals surface area contributed by atoms with Crippen molar-refractivity contribution in [1.29, 1.82) is 0 Å². The second-order valence-corrected chi connectivity index (χ2v) is 11.4. The highest BCUT2D eigenvalue weighted by atomic mass is 16.4. The zero-order valence-electron chi connectivity index (χ0n) is 24.9. The number of hydrogen-bond acceptors (Lipinski definition) is 9. The van der Waals surface area contributed by atoms with Crippen molar-refractivity contribution in [2.75, 3.05) is 26.4 Å². The fourth-order valence-electron chi connectivity index (χ4n) is 5.36. The van der Waals surface area contributed by atoms with Crippen LogP contribution in [0.25, 0.3) is 0 Å². The van der Waals surface area contributed by atoms with Gasteiger partial charge in [0, 0.05) is 12.8 Å². The molecule has 0 aliphatic heterocycles. The lowest BCUT2D eigenvalue weighted by molar-refractivity contribution is -0.222. The minimum absolute atomic E-state index is 0.232. The number of aliphatic hydroxyl groups is 7. The largest absolute Gasteiger partial charge is 0.394 e. The topological polar surface area (TPSA) is 191 Å². The molecule has 0 saturated heterocycles. The third kappa shape index (κ3) is 13.1. The van der Waals surface area contributed by atoms with Crippen LogP contribution in [0.5, 0.6) is 0 Å². The summed E-state index contributed by atoms with van der Waals surface area (Å²) in [5.74, 6) is -1.10. The summed E-state index contributed by atoms with van der Waals surface area (Å²) < 4.78 is 0. The molecule has 1 aliphatic carbocycles. The number of carbonyl (C=O) groups excluding carboxylic acids is 2. The summed E-state index contributed by atoms with van der Waals surface area (Å²) in [6.45, 7) is -0.590. The monoisotopic (exact) mass is 588 g/mol. The Morgan fingerprint density at radius 1 is 0.854 bits per heavy atom. The molecule has 0 aromatic rings. The van der Waals surface area contributed by atoms with Crippen LogP contribution in [0.4, 0.5) is 0 Å². The Morgan fingerprint density at radius 2 is 1.39 bits per heavy atom. The van der Waals surface area contributed by atoms with Gasteiger partial charge in [-0.3, -0.25) is 9.59 Å². The molecule has 1 aliphatic rings. The maximum absolute atomic E-state index is 13.0. The van der Waals surface area contributed by atoms with Crippen LogP contribution in [-0.4, -0.2) is 115 Å². The van der Waals surface area contributed by atoms with Gasteiger partial charge in [0.25, 0.3) is 0 Å². The molecular formula is C30H56N2O9. The van der Waals surface area contributed by atoms with Crippen molar-refractivity contribution in [1.82, 2.24) is 10.2 Å². The molecule has 1 rings (SSSR count). The molecule has 0 aromatic heterocycles. The molecule has 11 nitrogen and oxygen atoms in total. The number of aliphatic hydroxyl groups excluding tert-OH is 6. The van der Waals surface area contributed by atoms with Gasteiger partial charge in [-0.25, -0.2) is 0 Å². The highest BCUT2D eigenvalue weighted by molar-refractivity contribution is 5.85. The number of nitrogens with one attached hydrogen (secondary N) is 1. The van der Waals surface area contributed by atoms with Crippen LogP contribution in [0.3, 0.4) is 0 Å².